The molecule has 5 heteroatoms. The summed E-state index contributed by atoms with van der Waals surface area (Å²) < 4.78 is 0. The van der Waals surface area contributed by atoms with Crippen LogP contribution in [0.5, 0.6) is 0 Å². The van der Waals surface area contributed by atoms with Crippen LogP contribution in [0.4, 0.5) is 5.69 Å². The number of anilines is 1. The number of benzene rings is 1. The third-order valence-corrected chi connectivity index (χ3v) is 6.44. The van der Waals surface area contributed by atoms with E-state index in [-0.39, 0.29) is 30.4 Å². The molecule has 4 unspecified atom stereocenters. The van der Waals surface area contributed by atoms with E-state index in [2.05, 4.69) is 5.32 Å². The first-order valence-corrected chi connectivity index (χ1v) is 9.47. The fourth-order valence-electron chi connectivity index (χ4n) is 5.13. The van der Waals surface area contributed by atoms with Crippen molar-refractivity contribution in [1.82, 2.24) is 5.32 Å². The average Bonchev–Trinajstić information content (AvgIpc) is 3.34. The number of carbonyl (C=O) groups excluding carboxylic acids is 2. The van der Waals surface area contributed by atoms with E-state index in [0.717, 1.165) is 30.5 Å². The third kappa shape index (κ3) is 2.74. The molecule has 1 aliphatic heterocycles. The smallest absolute Gasteiger partial charge is 0.251 e. The number of rotatable bonds is 4. The summed E-state index contributed by atoms with van der Waals surface area (Å²) in [6.07, 6.45) is 4.77. The summed E-state index contributed by atoms with van der Waals surface area (Å²) in [5.74, 6) is 1.35. The molecule has 134 valence electrons. The van der Waals surface area contributed by atoms with Gasteiger partial charge in [-0.25, -0.2) is 0 Å². The van der Waals surface area contributed by atoms with Crippen LogP contribution in [0.25, 0.3) is 0 Å². The van der Waals surface area contributed by atoms with E-state index in [9.17, 15) is 14.7 Å². The maximum atomic E-state index is 12.7. The molecule has 2 amide bonds. The second kappa shape index (κ2) is 6.45. The second-order valence-electron chi connectivity index (χ2n) is 7.67. The first kappa shape index (κ1) is 16.6. The Labute approximate surface area is 148 Å². The van der Waals surface area contributed by atoms with Crippen LogP contribution < -0.4 is 10.2 Å². The topological polar surface area (TPSA) is 69.6 Å². The highest BCUT2D eigenvalue weighted by molar-refractivity contribution is 5.98. The second-order valence-corrected chi connectivity index (χ2v) is 7.67. The molecule has 2 N–H and O–H groups in total. The monoisotopic (exact) mass is 342 g/mol. The number of carbonyl (C=O) groups is 2. The van der Waals surface area contributed by atoms with Crippen LogP contribution in [0.1, 0.15) is 48.5 Å². The Balaban J connectivity index is 1.49. The van der Waals surface area contributed by atoms with Gasteiger partial charge in [0, 0.05) is 42.8 Å². The molecule has 0 spiro atoms. The van der Waals surface area contributed by atoms with Crippen molar-refractivity contribution < 1.29 is 14.7 Å². The standard InChI is InChI=1S/C20H26N2O3/c1-2-18(24)22-8-7-13-10-15(5-6-17(13)22)20(25)21-19-14-4-3-12(9-14)16(19)11-23/h5-6,10,12,14,16,19,23H,2-4,7-9,11H2,1H3,(H,21,25). The highest BCUT2D eigenvalue weighted by Crippen LogP contribution is 2.48. The first-order valence-electron chi connectivity index (χ1n) is 9.47. The molecular formula is C20H26N2O3. The van der Waals surface area contributed by atoms with Gasteiger partial charge in [-0.1, -0.05) is 6.92 Å². The molecule has 2 bridgehead atoms. The summed E-state index contributed by atoms with van der Waals surface area (Å²) in [4.78, 5) is 26.5. The van der Waals surface area contributed by atoms with E-state index in [0.29, 0.717) is 30.4 Å². The van der Waals surface area contributed by atoms with Crippen molar-refractivity contribution >= 4 is 17.5 Å². The van der Waals surface area contributed by atoms with E-state index >= 15 is 0 Å². The van der Waals surface area contributed by atoms with Crippen LogP contribution in [0.3, 0.4) is 0 Å². The van der Waals surface area contributed by atoms with Crippen LogP contribution in [-0.2, 0) is 11.2 Å². The molecule has 1 heterocycles. The van der Waals surface area contributed by atoms with Gasteiger partial charge in [0.2, 0.25) is 5.91 Å². The average molecular weight is 342 g/mol. The molecule has 1 aromatic rings. The minimum Gasteiger partial charge on any atom is -0.396 e. The maximum Gasteiger partial charge on any atom is 0.251 e. The summed E-state index contributed by atoms with van der Waals surface area (Å²) in [6, 6.07) is 5.74. The zero-order valence-corrected chi connectivity index (χ0v) is 14.7. The van der Waals surface area contributed by atoms with E-state index < -0.39 is 0 Å². The van der Waals surface area contributed by atoms with E-state index in [1.54, 1.807) is 0 Å². The summed E-state index contributed by atoms with van der Waals surface area (Å²) in [6.45, 7) is 2.73. The molecule has 0 saturated heterocycles. The van der Waals surface area contributed by atoms with Crippen molar-refractivity contribution in [2.75, 3.05) is 18.1 Å². The quantitative estimate of drug-likeness (QED) is 0.881. The van der Waals surface area contributed by atoms with Crippen LogP contribution in [0.2, 0.25) is 0 Å². The van der Waals surface area contributed by atoms with Crippen molar-refractivity contribution in [3.8, 4) is 0 Å². The van der Waals surface area contributed by atoms with Gasteiger partial charge in [0.05, 0.1) is 0 Å². The van der Waals surface area contributed by atoms with E-state index in [1.807, 2.05) is 30.0 Å². The van der Waals surface area contributed by atoms with Gasteiger partial charge in [0.1, 0.15) is 0 Å². The fraction of sp³-hybridized carbons (Fsp3) is 0.600. The third-order valence-electron chi connectivity index (χ3n) is 6.44. The van der Waals surface area contributed by atoms with E-state index in [1.165, 1.54) is 6.42 Å². The Morgan fingerprint density at radius 2 is 2.08 bits per heavy atom. The van der Waals surface area contributed by atoms with Crippen LogP contribution in [0, 0.1) is 17.8 Å². The maximum absolute atomic E-state index is 12.7. The molecule has 4 atom stereocenters. The minimum atomic E-state index is -0.0564. The van der Waals surface area contributed by atoms with Gasteiger partial charge in [-0.15, -0.1) is 0 Å². The van der Waals surface area contributed by atoms with Crippen LogP contribution in [0.15, 0.2) is 18.2 Å². The molecule has 1 aromatic carbocycles. The van der Waals surface area contributed by atoms with Crippen molar-refractivity contribution in [1.29, 1.82) is 0 Å². The lowest BCUT2D eigenvalue weighted by atomic mass is 9.85. The number of hydrogen-bond donors (Lipinski definition) is 2. The molecule has 2 saturated carbocycles. The van der Waals surface area contributed by atoms with Gasteiger partial charge in [-0.05, 0) is 61.3 Å². The van der Waals surface area contributed by atoms with Crippen molar-refractivity contribution in [2.24, 2.45) is 17.8 Å². The number of nitrogens with one attached hydrogen (secondary N) is 1. The molecule has 3 aliphatic rings. The minimum absolute atomic E-state index is 0.0564. The lowest BCUT2D eigenvalue weighted by Crippen LogP contribution is -2.45. The normalized spacial score (nSPS) is 29.8. The molecular weight excluding hydrogens is 316 g/mol. The van der Waals surface area contributed by atoms with Crippen molar-refractivity contribution in [3.05, 3.63) is 29.3 Å². The Kier molecular flexibility index (Phi) is 4.28. The van der Waals surface area contributed by atoms with Gasteiger partial charge in [0.25, 0.3) is 5.91 Å². The van der Waals surface area contributed by atoms with Crippen molar-refractivity contribution in [2.45, 2.75) is 45.1 Å². The van der Waals surface area contributed by atoms with Crippen LogP contribution in [-0.4, -0.2) is 36.1 Å². The Morgan fingerprint density at radius 1 is 1.28 bits per heavy atom. The summed E-state index contributed by atoms with van der Waals surface area (Å²) >= 11 is 0. The SMILES string of the molecule is CCC(=O)N1CCc2cc(C(=O)NC3C4CCC(C4)C3CO)ccc21. The summed E-state index contributed by atoms with van der Waals surface area (Å²) in [5.41, 5.74) is 2.67. The first-order chi connectivity index (χ1) is 12.1. The van der Waals surface area contributed by atoms with Gasteiger partial charge in [-0.3, -0.25) is 9.59 Å². The Bertz CT molecular complexity index is 702. The molecule has 0 radical (unpaired) electrons. The van der Waals surface area contributed by atoms with Gasteiger partial charge in [0.15, 0.2) is 0 Å². The summed E-state index contributed by atoms with van der Waals surface area (Å²) in [5, 5.41) is 12.9. The predicted molar refractivity (Wildman–Crippen MR) is 95.5 cm³/mol. The molecule has 2 fully saturated rings. The van der Waals surface area contributed by atoms with Crippen molar-refractivity contribution in [3.63, 3.8) is 0 Å². The predicted octanol–water partition coefficient (Wildman–Crippen LogP) is 2.12. The number of aliphatic hydroxyl groups excluding tert-OH is 1. The zero-order chi connectivity index (χ0) is 17.6. The Morgan fingerprint density at radius 3 is 2.84 bits per heavy atom. The van der Waals surface area contributed by atoms with Gasteiger partial charge in [-0.2, -0.15) is 0 Å². The number of hydrogen-bond acceptors (Lipinski definition) is 3. The largest absolute Gasteiger partial charge is 0.396 e. The molecule has 25 heavy (non-hydrogen) atoms. The number of amides is 2. The lowest BCUT2D eigenvalue weighted by Gasteiger charge is -2.30. The van der Waals surface area contributed by atoms with Crippen LogP contribution >= 0.6 is 0 Å². The van der Waals surface area contributed by atoms with Gasteiger partial charge < -0.3 is 15.3 Å². The number of fused-ring (bicyclic) bond motifs is 3. The van der Waals surface area contributed by atoms with E-state index in [4.69, 9.17) is 0 Å². The van der Waals surface area contributed by atoms with Gasteiger partial charge >= 0.3 is 0 Å². The molecule has 5 nitrogen and oxygen atoms in total. The fourth-order valence-corrected chi connectivity index (χ4v) is 5.13. The molecule has 4 rings (SSSR count). The number of nitrogens with zero attached hydrogens (tertiary/aromatic N) is 1. The molecule has 0 aromatic heterocycles. The molecule has 2 aliphatic carbocycles. The lowest BCUT2D eigenvalue weighted by molar-refractivity contribution is -0.118. The summed E-state index contributed by atoms with van der Waals surface area (Å²) in [7, 11) is 0. The number of aliphatic hydroxyl groups is 1. The zero-order valence-electron chi connectivity index (χ0n) is 14.7. The highest BCUT2D eigenvalue weighted by atomic mass is 16.3. The highest BCUT2D eigenvalue weighted by Gasteiger charge is 2.47. The Hall–Kier alpha value is -1.88.